The molecule has 3 heteroatoms. The van der Waals surface area contributed by atoms with E-state index in [2.05, 4.69) is 0 Å². The Labute approximate surface area is 94.9 Å². The number of hydrogen-bond donors (Lipinski definition) is 1. The predicted octanol–water partition coefficient (Wildman–Crippen LogP) is 2.64. The van der Waals surface area contributed by atoms with E-state index in [-0.39, 0.29) is 5.78 Å². The van der Waals surface area contributed by atoms with Gasteiger partial charge in [0.15, 0.2) is 5.78 Å². The third kappa shape index (κ3) is 3.33. The molecule has 0 aliphatic rings. The summed E-state index contributed by atoms with van der Waals surface area (Å²) in [4.78, 5) is 11.8. The lowest BCUT2D eigenvalue weighted by molar-refractivity contribution is 0.0879. The number of aliphatic hydroxyl groups excluding tert-OH is 1. The SMILES string of the molecule is CCC[C@H](O)[C@@H](Cl)C(=O)c1ccccc1. The summed E-state index contributed by atoms with van der Waals surface area (Å²) in [5.74, 6) is -0.210. The molecule has 0 heterocycles. The number of aliphatic hydroxyl groups is 1. The highest BCUT2D eigenvalue weighted by Crippen LogP contribution is 2.15. The summed E-state index contributed by atoms with van der Waals surface area (Å²) in [7, 11) is 0. The van der Waals surface area contributed by atoms with Gasteiger partial charge in [0.25, 0.3) is 0 Å². The quantitative estimate of drug-likeness (QED) is 0.619. The lowest BCUT2D eigenvalue weighted by atomic mass is 10.0. The molecule has 15 heavy (non-hydrogen) atoms. The van der Waals surface area contributed by atoms with Gasteiger partial charge < -0.3 is 5.11 Å². The first-order valence-corrected chi connectivity index (χ1v) is 5.52. The zero-order chi connectivity index (χ0) is 11.3. The van der Waals surface area contributed by atoms with E-state index in [0.717, 1.165) is 6.42 Å². The maximum Gasteiger partial charge on any atom is 0.183 e. The second kappa shape index (κ2) is 5.89. The van der Waals surface area contributed by atoms with Gasteiger partial charge in [-0.3, -0.25) is 4.79 Å². The monoisotopic (exact) mass is 226 g/mol. The Morgan fingerprint density at radius 1 is 1.40 bits per heavy atom. The first-order valence-electron chi connectivity index (χ1n) is 5.08. The standard InChI is InChI=1S/C12H15ClO2/c1-2-6-10(14)11(13)12(15)9-7-4-3-5-8-9/h3-5,7-8,10-11,14H,2,6H2,1H3/t10-,11+/m0/s1. The van der Waals surface area contributed by atoms with Crippen molar-refractivity contribution in [3.63, 3.8) is 0 Å². The van der Waals surface area contributed by atoms with Crippen molar-refractivity contribution in [3.05, 3.63) is 35.9 Å². The Morgan fingerprint density at radius 2 is 2.00 bits per heavy atom. The van der Waals surface area contributed by atoms with Crippen LogP contribution in [0.25, 0.3) is 0 Å². The Hall–Kier alpha value is -0.860. The van der Waals surface area contributed by atoms with Crippen LogP contribution in [0.3, 0.4) is 0 Å². The summed E-state index contributed by atoms with van der Waals surface area (Å²) in [6, 6.07) is 8.81. The van der Waals surface area contributed by atoms with E-state index in [1.165, 1.54) is 0 Å². The number of hydrogen-bond acceptors (Lipinski definition) is 2. The first kappa shape index (κ1) is 12.2. The summed E-state index contributed by atoms with van der Waals surface area (Å²) < 4.78 is 0. The third-order valence-corrected chi connectivity index (χ3v) is 2.72. The number of carbonyl (C=O) groups excluding carboxylic acids is 1. The van der Waals surface area contributed by atoms with Crippen molar-refractivity contribution in [1.82, 2.24) is 0 Å². The molecule has 0 unspecified atom stereocenters. The van der Waals surface area contributed by atoms with Crippen LogP contribution in [0.1, 0.15) is 30.1 Å². The molecule has 0 bridgehead atoms. The largest absolute Gasteiger partial charge is 0.391 e. The number of carbonyl (C=O) groups is 1. The number of Topliss-reactive ketones (excluding diaryl/α,β-unsaturated/α-hetero) is 1. The fraction of sp³-hybridized carbons (Fsp3) is 0.417. The van der Waals surface area contributed by atoms with E-state index in [1.54, 1.807) is 24.3 Å². The van der Waals surface area contributed by atoms with Gasteiger partial charge in [-0.05, 0) is 6.42 Å². The molecule has 1 aromatic rings. The molecule has 0 radical (unpaired) electrons. The maximum absolute atomic E-state index is 11.8. The van der Waals surface area contributed by atoms with Gasteiger partial charge in [0, 0.05) is 5.56 Å². The molecule has 0 amide bonds. The van der Waals surface area contributed by atoms with Crippen molar-refractivity contribution in [1.29, 1.82) is 0 Å². The van der Waals surface area contributed by atoms with Crippen molar-refractivity contribution in [2.24, 2.45) is 0 Å². The highest BCUT2D eigenvalue weighted by Gasteiger charge is 2.24. The lowest BCUT2D eigenvalue weighted by Crippen LogP contribution is -2.29. The Bertz CT molecular complexity index is 311. The minimum absolute atomic E-state index is 0.210. The number of rotatable bonds is 5. The van der Waals surface area contributed by atoms with Gasteiger partial charge in [0.1, 0.15) is 5.38 Å². The van der Waals surface area contributed by atoms with E-state index in [1.807, 2.05) is 13.0 Å². The number of alkyl halides is 1. The van der Waals surface area contributed by atoms with Gasteiger partial charge in [-0.15, -0.1) is 11.6 Å². The highest BCUT2D eigenvalue weighted by molar-refractivity contribution is 6.34. The van der Waals surface area contributed by atoms with E-state index >= 15 is 0 Å². The Kier molecular flexibility index (Phi) is 4.79. The van der Waals surface area contributed by atoms with Crippen molar-refractivity contribution in [2.75, 3.05) is 0 Å². The maximum atomic E-state index is 11.8. The summed E-state index contributed by atoms with van der Waals surface area (Å²) in [5.41, 5.74) is 0.549. The molecule has 1 aromatic carbocycles. The van der Waals surface area contributed by atoms with Gasteiger partial charge in [0.2, 0.25) is 0 Å². The number of ketones is 1. The second-order valence-corrected chi connectivity index (χ2v) is 3.96. The molecule has 1 N–H and O–H groups in total. The van der Waals surface area contributed by atoms with Crippen LogP contribution >= 0.6 is 11.6 Å². The average molecular weight is 227 g/mol. The van der Waals surface area contributed by atoms with Crippen LogP contribution in [-0.2, 0) is 0 Å². The van der Waals surface area contributed by atoms with Crippen LogP contribution < -0.4 is 0 Å². The average Bonchev–Trinajstić information content (AvgIpc) is 2.28. The van der Waals surface area contributed by atoms with Crippen molar-refractivity contribution >= 4 is 17.4 Å². The van der Waals surface area contributed by atoms with Crippen molar-refractivity contribution in [3.8, 4) is 0 Å². The number of benzene rings is 1. The van der Waals surface area contributed by atoms with Crippen LogP contribution in [0.2, 0.25) is 0 Å². The van der Waals surface area contributed by atoms with Gasteiger partial charge in [-0.2, -0.15) is 0 Å². The third-order valence-electron chi connectivity index (χ3n) is 2.23. The molecule has 0 aliphatic carbocycles. The minimum atomic E-state index is -0.840. The second-order valence-electron chi connectivity index (χ2n) is 3.49. The first-order chi connectivity index (χ1) is 7.16. The summed E-state index contributed by atoms with van der Waals surface area (Å²) >= 11 is 5.90. The molecule has 0 spiro atoms. The van der Waals surface area contributed by atoms with E-state index < -0.39 is 11.5 Å². The molecule has 1 rings (SSSR count). The van der Waals surface area contributed by atoms with Gasteiger partial charge >= 0.3 is 0 Å². The van der Waals surface area contributed by atoms with E-state index in [4.69, 9.17) is 11.6 Å². The molecule has 82 valence electrons. The normalized spacial score (nSPS) is 14.6. The van der Waals surface area contributed by atoms with E-state index in [0.29, 0.717) is 12.0 Å². The number of halogens is 1. The fourth-order valence-corrected chi connectivity index (χ4v) is 1.63. The van der Waals surface area contributed by atoms with Crippen molar-refractivity contribution < 1.29 is 9.90 Å². The molecule has 0 saturated heterocycles. The fourth-order valence-electron chi connectivity index (χ4n) is 1.38. The topological polar surface area (TPSA) is 37.3 Å². The smallest absolute Gasteiger partial charge is 0.183 e. The van der Waals surface area contributed by atoms with Crippen molar-refractivity contribution in [2.45, 2.75) is 31.2 Å². The summed E-state index contributed by atoms with van der Waals surface area (Å²) in [6.07, 6.45) is 0.600. The summed E-state index contributed by atoms with van der Waals surface area (Å²) in [6.45, 7) is 1.94. The predicted molar refractivity (Wildman–Crippen MR) is 61.3 cm³/mol. The Balaban J connectivity index is 2.69. The van der Waals surface area contributed by atoms with Crippen LogP contribution in [0.15, 0.2) is 30.3 Å². The molecule has 0 aliphatic heterocycles. The van der Waals surface area contributed by atoms with E-state index in [9.17, 15) is 9.90 Å². The minimum Gasteiger partial charge on any atom is -0.391 e. The lowest BCUT2D eigenvalue weighted by Gasteiger charge is -2.14. The highest BCUT2D eigenvalue weighted by atomic mass is 35.5. The van der Waals surface area contributed by atoms with Gasteiger partial charge in [-0.1, -0.05) is 43.7 Å². The van der Waals surface area contributed by atoms with Gasteiger partial charge in [0.05, 0.1) is 6.10 Å². The zero-order valence-corrected chi connectivity index (χ0v) is 9.45. The molecule has 0 saturated carbocycles. The van der Waals surface area contributed by atoms with Gasteiger partial charge in [-0.25, -0.2) is 0 Å². The zero-order valence-electron chi connectivity index (χ0n) is 8.69. The van der Waals surface area contributed by atoms with Crippen LogP contribution in [0, 0.1) is 0 Å². The molecule has 0 fully saturated rings. The molecule has 2 nitrogen and oxygen atoms in total. The molecule has 0 aromatic heterocycles. The summed E-state index contributed by atoms with van der Waals surface area (Å²) in [5, 5.41) is 8.76. The Morgan fingerprint density at radius 3 is 2.53 bits per heavy atom. The van der Waals surface area contributed by atoms with Crippen LogP contribution in [-0.4, -0.2) is 22.4 Å². The van der Waals surface area contributed by atoms with Crippen LogP contribution in [0.4, 0.5) is 0 Å². The molecular formula is C12H15ClO2. The molecular weight excluding hydrogens is 212 g/mol. The molecule has 2 atom stereocenters. The van der Waals surface area contributed by atoms with Crippen LogP contribution in [0.5, 0.6) is 0 Å².